The van der Waals surface area contributed by atoms with E-state index in [0.717, 1.165) is 16.5 Å². The SMILES string of the molecule is COc1ccc(C(C)=O)cc1CC(=O)NC(c1ccccc1)c1cc2ccccc2o1. The van der Waals surface area contributed by atoms with Crippen molar-refractivity contribution in [2.75, 3.05) is 7.11 Å². The highest BCUT2D eigenvalue weighted by Crippen LogP contribution is 2.29. The molecule has 4 rings (SSSR count). The van der Waals surface area contributed by atoms with Crippen LogP contribution in [-0.4, -0.2) is 18.8 Å². The van der Waals surface area contributed by atoms with Crippen molar-refractivity contribution in [3.05, 3.63) is 101 Å². The summed E-state index contributed by atoms with van der Waals surface area (Å²) in [4.78, 5) is 24.8. The fourth-order valence-electron chi connectivity index (χ4n) is 3.63. The van der Waals surface area contributed by atoms with Crippen molar-refractivity contribution < 1.29 is 18.7 Å². The maximum atomic E-state index is 13.0. The second-order valence-electron chi connectivity index (χ2n) is 7.36. The topological polar surface area (TPSA) is 68.5 Å². The molecule has 0 radical (unpaired) electrons. The van der Waals surface area contributed by atoms with Gasteiger partial charge in [-0.25, -0.2) is 0 Å². The third-order valence-corrected chi connectivity index (χ3v) is 5.21. The molecule has 1 unspecified atom stereocenters. The van der Waals surface area contributed by atoms with Crippen LogP contribution in [0.1, 0.15) is 40.2 Å². The Hall–Kier alpha value is -3.86. The molecule has 1 atom stereocenters. The number of ketones is 1. The molecule has 0 aliphatic rings. The van der Waals surface area contributed by atoms with E-state index in [2.05, 4.69) is 5.32 Å². The summed E-state index contributed by atoms with van der Waals surface area (Å²) in [5, 5.41) is 4.06. The molecule has 5 nitrogen and oxygen atoms in total. The molecule has 5 heteroatoms. The average molecular weight is 413 g/mol. The van der Waals surface area contributed by atoms with E-state index in [0.29, 0.717) is 22.6 Å². The molecule has 4 aromatic rings. The van der Waals surface area contributed by atoms with Crippen LogP contribution in [0.5, 0.6) is 5.75 Å². The van der Waals surface area contributed by atoms with Crippen LogP contribution >= 0.6 is 0 Å². The summed E-state index contributed by atoms with van der Waals surface area (Å²) in [6.45, 7) is 1.50. The molecule has 0 aliphatic heterocycles. The van der Waals surface area contributed by atoms with Gasteiger partial charge in [0.05, 0.1) is 13.5 Å². The van der Waals surface area contributed by atoms with Crippen LogP contribution in [0.25, 0.3) is 11.0 Å². The first-order valence-corrected chi connectivity index (χ1v) is 10.1. The van der Waals surface area contributed by atoms with Gasteiger partial charge in [-0.05, 0) is 42.8 Å². The highest BCUT2D eigenvalue weighted by atomic mass is 16.5. The number of fused-ring (bicyclic) bond motifs is 1. The summed E-state index contributed by atoms with van der Waals surface area (Å²) in [5.41, 5.74) is 2.88. The second kappa shape index (κ2) is 8.88. The number of benzene rings is 3. The summed E-state index contributed by atoms with van der Waals surface area (Å²) >= 11 is 0. The molecule has 3 aromatic carbocycles. The molecule has 1 N–H and O–H groups in total. The van der Waals surface area contributed by atoms with Crippen LogP contribution in [-0.2, 0) is 11.2 Å². The molecule has 0 aliphatic carbocycles. The number of furan rings is 1. The van der Waals surface area contributed by atoms with Gasteiger partial charge in [0.25, 0.3) is 0 Å². The minimum atomic E-state index is -0.442. The third kappa shape index (κ3) is 4.51. The Morgan fingerprint density at radius 3 is 2.42 bits per heavy atom. The molecule has 0 fully saturated rings. The largest absolute Gasteiger partial charge is 0.496 e. The van der Waals surface area contributed by atoms with Gasteiger partial charge in [-0.2, -0.15) is 0 Å². The molecule has 1 aromatic heterocycles. The van der Waals surface area contributed by atoms with Gasteiger partial charge >= 0.3 is 0 Å². The first-order chi connectivity index (χ1) is 15.0. The van der Waals surface area contributed by atoms with Crippen molar-refractivity contribution in [2.45, 2.75) is 19.4 Å². The van der Waals surface area contributed by atoms with Crippen molar-refractivity contribution in [1.29, 1.82) is 0 Å². The number of nitrogens with one attached hydrogen (secondary N) is 1. The lowest BCUT2D eigenvalue weighted by molar-refractivity contribution is -0.121. The van der Waals surface area contributed by atoms with E-state index in [1.54, 1.807) is 25.3 Å². The van der Waals surface area contributed by atoms with Gasteiger partial charge in [0.2, 0.25) is 5.91 Å². The van der Waals surface area contributed by atoms with Crippen LogP contribution < -0.4 is 10.1 Å². The van der Waals surface area contributed by atoms with Crippen LogP contribution in [0, 0.1) is 0 Å². The van der Waals surface area contributed by atoms with Crippen LogP contribution in [0.15, 0.2) is 83.3 Å². The number of para-hydroxylation sites is 1. The van der Waals surface area contributed by atoms with Crippen LogP contribution in [0.4, 0.5) is 0 Å². The van der Waals surface area contributed by atoms with Gasteiger partial charge in [0.1, 0.15) is 23.1 Å². The predicted molar refractivity (Wildman–Crippen MR) is 119 cm³/mol. The van der Waals surface area contributed by atoms with Crippen molar-refractivity contribution in [3.63, 3.8) is 0 Å². The van der Waals surface area contributed by atoms with E-state index in [9.17, 15) is 9.59 Å². The number of methoxy groups -OCH3 is 1. The van der Waals surface area contributed by atoms with Gasteiger partial charge in [-0.15, -0.1) is 0 Å². The summed E-state index contributed by atoms with van der Waals surface area (Å²) in [6, 6.07) is 24.1. The van der Waals surface area contributed by atoms with Crippen molar-refractivity contribution >= 4 is 22.7 Å². The van der Waals surface area contributed by atoms with Crippen LogP contribution in [0.3, 0.4) is 0 Å². The fourth-order valence-corrected chi connectivity index (χ4v) is 3.63. The summed E-state index contributed by atoms with van der Waals surface area (Å²) in [5.74, 6) is 0.965. The molecule has 0 bridgehead atoms. The lowest BCUT2D eigenvalue weighted by atomic mass is 10.0. The summed E-state index contributed by atoms with van der Waals surface area (Å²) < 4.78 is 11.4. The molecule has 31 heavy (non-hydrogen) atoms. The predicted octanol–water partition coefficient (Wildman–Crippen LogP) is 5.09. The molecular weight excluding hydrogens is 390 g/mol. The zero-order valence-electron chi connectivity index (χ0n) is 17.4. The molecule has 0 saturated carbocycles. The Morgan fingerprint density at radius 2 is 1.71 bits per heavy atom. The summed E-state index contributed by atoms with van der Waals surface area (Å²) in [6.07, 6.45) is 0.0772. The third-order valence-electron chi connectivity index (χ3n) is 5.21. The second-order valence-corrected chi connectivity index (χ2v) is 7.36. The van der Waals surface area contributed by atoms with E-state index in [4.69, 9.17) is 9.15 Å². The smallest absolute Gasteiger partial charge is 0.225 e. The van der Waals surface area contributed by atoms with E-state index in [1.165, 1.54) is 6.92 Å². The highest BCUT2D eigenvalue weighted by Gasteiger charge is 2.22. The number of rotatable bonds is 7. The number of hydrogen-bond donors (Lipinski definition) is 1. The molecule has 0 spiro atoms. The fraction of sp³-hybridized carbons (Fsp3) is 0.154. The Bertz CT molecular complexity index is 1190. The standard InChI is InChI=1S/C26H23NO4/c1-17(28)19-12-13-22(30-2)21(14-19)16-25(29)27-26(18-8-4-3-5-9-18)24-15-20-10-6-7-11-23(20)31-24/h3-15,26H,16H2,1-2H3,(H,27,29). The van der Waals surface area contributed by atoms with Gasteiger partial charge in [-0.1, -0.05) is 48.5 Å². The maximum absolute atomic E-state index is 13.0. The number of carbonyl (C=O) groups excluding carboxylic acids is 2. The zero-order chi connectivity index (χ0) is 21.8. The lowest BCUT2D eigenvalue weighted by Crippen LogP contribution is -2.30. The van der Waals surface area contributed by atoms with Gasteiger partial charge in [-0.3, -0.25) is 9.59 Å². The maximum Gasteiger partial charge on any atom is 0.225 e. The molecule has 1 heterocycles. The Morgan fingerprint density at radius 1 is 0.968 bits per heavy atom. The summed E-state index contributed by atoms with van der Waals surface area (Å²) in [7, 11) is 1.55. The first kappa shape index (κ1) is 20.4. The van der Waals surface area contributed by atoms with Crippen molar-refractivity contribution in [1.82, 2.24) is 5.32 Å². The lowest BCUT2D eigenvalue weighted by Gasteiger charge is -2.18. The normalized spacial score (nSPS) is 11.8. The van der Waals surface area contributed by atoms with Gasteiger partial charge in [0.15, 0.2) is 5.78 Å². The Kier molecular flexibility index (Phi) is 5.85. The number of carbonyl (C=O) groups is 2. The Balaban J connectivity index is 1.64. The number of hydrogen-bond acceptors (Lipinski definition) is 4. The first-order valence-electron chi connectivity index (χ1n) is 10.1. The number of amides is 1. The number of ether oxygens (including phenoxy) is 1. The van der Waals surface area contributed by atoms with Crippen LogP contribution in [0.2, 0.25) is 0 Å². The monoisotopic (exact) mass is 413 g/mol. The zero-order valence-corrected chi connectivity index (χ0v) is 17.4. The molecule has 156 valence electrons. The van der Waals surface area contributed by atoms with Gasteiger partial charge < -0.3 is 14.5 Å². The van der Waals surface area contributed by atoms with E-state index >= 15 is 0 Å². The highest BCUT2D eigenvalue weighted by molar-refractivity contribution is 5.94. The molecule has 1 amide bonds. The average Bonchev–Trinajstić information content (AvgIpc) is 3.22. The minimum Gasteiger partial charge on any atom is -0.496 e. The van der Waals surface area contributed by atoms with Gasteiger partial charge in [0, 0.05) is 16.5 Å². The minimum absolute atomic E-state index is 0.0613. The quantitative estimate of drug-likeness (QED) is 0.429. The number of Topliss-reactive ketones (excluding diaryl/α,β-unsaturated/α-hetero) is 1. The Labute approximate surface area is 180 Å². The molecule has 0 saturated heterocycles. The van der Waals surface area contributed by atoms with E-state index in [-0.39, 0.29) is 18.1 Å². The van der Waals surface area contributed by atoms with Crippen molar-refractivity contribution in [3.8, 4) is 5.75 Å². The van der Waals surface area contributed by atoms with E-state index < -0.39 is 6.04 Å². The molecular formula is C26H23NO4. The van der Waals surface area contributed by atoms with E-state index in [1.807, 2.05) is 60.7 Å². The van der Waals surface area contributed by atoms with Crippen molar-refractivity contribution in [2.24, 2.45) is 0 Å².